The quantitative estimate of drug-likeness (QED) is 0.611. The van der Waals surface area contributed by atoms with E-state index in [9.17, 15) is 4.79 Å². The Balaban J connectivity index is 0.000000226. The number of likely N-dealkylation sites (N-methyl/N-ethyl adjacent to an activating group) is 1. The van der Waals surface area contributed by atoms with Crippen molar-refractivity contribution < 1.29 is 14.6 Å². The lowest BCUT2D eigenvalue weighted by atomic mass is 10.5. The van der Waals surface area contributed by atoms with E-state index in [-0.39, 0.29) is 0 Å². The molecule has 0 saturated carbocycles. The maximum absolute atomic E-state index is 9.51. The Bertz CT molecular complexity index is 162. The van der Waals surface area contributed by atoms with Gasteiger partial charge < -0.3 is 14.7 Å². The highest BCUT2D eigenvalue weighted by Crippen LogP contribution is 1.89. The summed E-state index contributed by atoms with van der Waals surface area (Å²) in [5.41, 5.74) is 0. The first-order valence-corrected chi connectivity index (χ1v) is 4.28. The summed E-state index contributed by atoms with van der Waals surface area (Å²) >= 11 is 0. The van der Waals surface area contributed by atoms with Crippen LogP contribution < -0.4 is 0 Å². The molecule has 1 aliphatic rings. The van der Waals surface area contributed by atoms with Crippen LogP contribution >= 0.6 is 0 Å². The summed E-state index contributed by atoms with van der Waals surface area (Å²) in [6, 6.07) is 0. The first kappa shape index (κ1) is 12.1. The van der Waals surface area contributed by atoms with E-state index in [1.807, 2.05) is 0 Å². The molecule has 4 nitrogen and oxygen atoms in total. The molecule has 1 N–H and O–H groups in total. The maximum atomic E-state index is 9.51. The van der Waals surface area contributed by atoms with Crippen LogP contribution in [0, 0.1) is 0 Å². The lowest BCUT2D eigenvalue weighted by Crippen LogP contribution is -2.32. The third-order valence-corrected chi connectivity index (χ3v) is 1.54. The minimum Gasteiger partial charge on any atom is -0.478 e. The van der Waals surface area contributed by atoms with Crippen LogP contribution in [-0.2, 0) is 9.53 Å². The van der Waals surface area contributed by atoms with Crippen LogP contribution in [-0.4, -0.2) is 49.3 Å². The summed E-state index contributed by atoms with van der Waals surface area (Å²) in [4.78, 5) is 11.8. The molecule has 0 amide bonds. The third-order valence-electron chi connectivity index (χ3n) is 1.54. The van der Waals surface area contributed by atoms with E-state index >= 15 is 0 Å². The summed E-state index contributed by atoms with van der Waals surface area (Å²) in [7, 11) is 2.11. The number of hydrogen-bond donors (Lipinski definition) is 1. The molecule has 0 aliphatic carbocycles. The zero-order chi connectivity index (χ0) is 10.1. The third kappa shape index (κ3) is 9.04. The van der Waals surface area contributed by atoms with Crippen molar-refractivity contribution in [3.05, 3.63) is 12.2 Å². The molecule has 1 saturated heterocycles. The topological polar surface area (TPSA) is 49.8 Å². The van der Waals surface area contributed by atoms with Crippen molar-refractivity contribution in [3.8, 4) is 0 Å². The van der Waals surface area contributed by atoms with Gasteiger partial charge in [0.15, 0.2) is 0 Å². The van der Waals surface area contributed by atoms with Gasteiger partial charge in [-0.2, -0.15) is 0 Å². The summed E-state index contributed by atoms with van der Waals surface area (Å²) in [5.74, 6) is -0.891. The number of rotatable bonds is 1. The number of carboxylic acids is 1. The number of aliphatic carboxylic acids is 1. The van der Waals surface area contributed by atoms with Crippen LogP contribution in [0.4, 0.5) is 0 Å². The molecule has 1 heterocycles. The first-order valence-electron chi connectivity index (χ1n) is 4.28. The molecule has 0 aromatic rings. The molecule has 0 aromatic carbocycles. The molecule has 0 spiro atoms. The van der Waals surface area contributed by atoms with Crippen molar-refractivity contribution in [3.63, 3.8) is 0 Å². The average Bonchev–Trinajstić information content (AvgIpc) is 2.06. The average molecular weight is 187 g/mol. The Hall–Kier alpha value is -0.870. The Kier molecular flexibility index (Phi) is 7.24. The van der Waals surface area contributed by atoms with E-state index in [1.165, 1.54) is 6.08 Å². The van der Waals surface area contributed by atoms with Crippen molar-refractivity contribution in [2.45, 2.75) is 6.92 Å². The van der Waals surface area contributed by atoms with Gasteiger partial charge in [0, 0.05) is 19.2 Å². The van der Waals surface area contributed by atoms with Gasteiger partial charge in [-0.25, -0.2) is 4.79 Å². The Morgan fingerprint density at radius 3 is 2.15 bits per heavy atom. The normalized spacial score (nSPS) is 18.0. The van der Waals surface area contributed by atoms with Gasteiger partial charge in [0.05, 0.1) is 13.2 Å². The lowest BCUT2D eigenvalue weighted by Gasteiger charge is -2.21. The van der Waals surface area contributed by atoms with Gasteiger partial charge in [-0.3, -0.25) is 0 Å². The number of carbonyl (C=O) groups is 1. The fourth-order valence-electron chi connectivity index (χ4n) is 0.797. The van der Waals surface area contributed by atoms with E-state index in [4.69, 9.17) is 9.84 Å². The number of morpholine rings is 1. The molecule has 1 fully saturated rings. The predicted molar refractivity (Wildman–Crippen MR) is 50.8 cm³/mol. The second-order valence-corrected chi connectivity index (χ2v) is 2.75. The van der Waals surface area contributed by atoms with E-state index in [0.29, 0.717) is 0 Å². The van der Waals surface area contributed by atoms with Crippen molar-refractivity contribution in [1.82, 2.24) is 4.90 Å². The smallest absolute Gasteiger partial charge is 0.327 e. The second kappa shape index (κ2) is 7.76. The Morgan fingerprint density at radius 1 is 1.46 bits per heavy atom. The van der Waals surface area contributed by atoms with Gasteiger partial charge in [0.25, 0.3) is 0 Å². The molecule has 0 aromatic heterocycles. The maximum Gasteiger partial charge on any atom is 0.327 e. The zero-order valence-corrected chi connectivity index (χ0v) is 8.19. The standard InChI is InChI=1S/C5H11NO.C4H6O2/c1-6-2-4-7-5-3-6;1-2-3-4(5)6/h2-5H2,1H3;2-3H,1H3,(H,5,6)/b;3-2+. The van der Waals surface area contributed by atoms with E-state index in [1.54, 1.807) is 6.92 Å². The van der Waals surface area contributed by atoms with E-state index in [0.717, 1.165) is 32.4 Å². The van der Waals surface area contributed by atoms with Crippen LogP contribution in [0.25, 0.3) is 0 Å². The summed E-state index contributed by atoms with van der Waals surface area (Å²) in [5, 5.41) is 7.83. The van der Waals surface area contributed by atoms with E-state index in [2.05, 4.69) is 11.9 Å². The number of nitrogens with zero attached hydrogens (tertiary/aromatic N) is 1. The Labute approximate surface area is 78.8 Å². The fourth-order valence-corrected chi connectivity index (χ4v) is 0.797. The van der Waals surface area contributed by atoms with Gasteiger partial charge >= 0.3 is 5.97 Å². The molecule has 0 unspecified atom stereocenters. The van der Waals surface area contributed by atoms with Crippen LogP contribution in [0.1, 0.15) is 6.92 Å². The molecular formula is C9H17NO3. The summed E-state index contributed by atoms with van der Waals surface area (Å²) in [6.07, 6.45) is 2.56. The van der Waals surface area contributed by atoms with Crippen molar-refractivity contribution >= 4 is 5.97 Å². The first-order chi connectivity index (χ1) is 6.16. The van der Waals surface area contributed by atoms with Crippen molar-refractivity contribution in [2.24, 2.45) is 0 Å². The van der Waals surface area contributed by atoms with Crippen LogP contribution in [0.5, 0.6) is 0 Å². The molecular weight excluding hydrogens is 170 g/mol. The van der Waals surface area contributed by atoms with Crippen LogP contribution in [0.15, 0.2) is 12.2 Å². The van der Waals surface area contributed by atoms with Gasteiger partial charge in [-0.05, 0) is 14.0 Å². The Morgan fingerprint density at radius 2 is 2.00 bits per heavy atom. The largest absolute Gasteiger partial charge is 0.478 e. The summed E-state index contributed by atoms with van der Waals surface area (Å²) < 4.78 is 5.10. The molecule has 0 atom stereocenters. The second-order valence-electron chi connectivity index (χ2n) is 2.75. The molecule has 0 radical (unpaired) electrons. The van der Waals surface area contributed by atoms with Gasteiger partial charge in [0.2, 0.25) is 0 Å². The SMILES string of the molecule is C/C=C/C(=O)O.CN1CCOCC1. The lowest BCUT2D eigenvalue weighted by molar-refractivity contribution is -0.131. The van der Waals surface area contributed by atoms with Crippen LogP contribution in [0.3, 0.4) is 0 Å². The highest BCUT2D eigenvalue weighted by molar-refractivity contribution is 5.79. The van der Waals surface area contributed by atoms with Crippen molar-refractivity contribution in [1.29, 1.82) is 0 Å². The van der Waals surface area contributed by atoms with Gasteiger partial charge in [0.1, 0.15) is 0 Å². The molecule has 13 heavy (non-hydrogen) atoms. The van der Waals surface area contributed by atoms with Gasteiger partial charge in [-0.15, -0.1) is 0 Å². The molecule has 0 bridgehead atoms. The predicted octanol–water partition coefficient (Wildman–Crippen LogP) is 0.596. The highest BCUT2D eigenvalue weighted by atomic mass is 16.5. The number of ether oxygens (including phenoxy) is 1. The number of hydrogen-bond acceptors (Lipinski definition) is 3. The number of carboxylic acid groups (broad SMARTS) is 1. The fraction of sp³-hybridized carbons (Fsp3) is 0.667. The van der Waals surface area contributed by atoms with Gasteiger partial charge in [-0.1, -0.05) is 6.08 Å². The molecule has 1 aliphatic heterocycles. The minimum atomic E-state index is -0.891. The molecule has 4 heteroatoms. The molecule has 76 valence electrons. The highest BCUT2D eigenvalue weighted by Gasteiger charge is 2.02. The minimum absolute atomic E-state index is 0.891. The van der Waals surface area contributed by atoms with Crippen LogP contribution in [0.2, 0.25) is 0 Å². The van der Waals surface area contributed by atoms with Crippen molar-refractivity contribution in [2.75, 3.05) is 33.4 Å². The molecule has 1 rings (SSSR count). The summed E-state index contributed by atoms with van der Waals surface area (Å²) in [6.45, 7) is 5.68. The number of allylic oxidation sites excluding steroid dienone is 1. The monoisotopic (exact) mass is 187 g/mol. The van der Waals surface area contributed by atoms with E-state index < -0.39 is 5.97 Å². The zero-order valence-electron chi connectivity index (χ0n) is 8.19.